The van der Waals surface area contributed by atoms with Crippen molar-refractivity contribution in [3.63, 3.8) is 0 Å². The molecule has 0 saturated heterocycles. The Morgan fingerprint density at radius 1 is 1.12 bits per heavy atom. The monoisotopic (exact) mass is 393 g/mol. The lowest BCUT2D eigenvalue weighted by atomic mass is 10.2. The van der Waals surface area contributed by atoms with Crippen LogP contribution in [0, 0.1) is 0 Å². The van der Waals surface area contributed by atoms with Gasteiger partial charge in [0, 0.05) is 27.5 Å². The second kappa shape index (κ2) is 6.34. The summed E-state index contributed by atoms with van der Waals surface area (Å²) in [6.45, 7) is 1.63. The van der Waals surface area contributed by atoms with Crippen molar-refractivity contribution in [2.45, 2.75) is 13.1 Å². The first kappa shape index (κ1) is 13.6. The number of halogens is 3. The van der Waals surface area contributed by atoms with Crippen LogP contribution in [0.1, 0.15) is 10.4 Å². The summed E-state index contributed by atoms with van der Waals surface area (Å²) >= 11 is 14.8. The molecular weight excluding hydrogens is 385 g/mol. The van der Waals surface area contributed by atoms with Crippen molar-refractivity contribution in [1.82, 2.24) is 5.32 Å². The highest BCUT2D eigenvalue weighted by molar-refractivity contribution is 9.11. The first-order valence-corrected chi connectivity index (χ1v) is 7.82. The van der Waals surface area contributed by atoms with E-state index in [-0.39, 0.29) is 0 Å². The molecule has 1 nitrogen and oxygen atoms in total. The van der Waals surface area contributed by atoms with Gasteiger partial charge in [-0.15, -0.1) is 11.3 Å². The fourth-order valence-corrected chi connectivity index (χ4v) is 3.49. The Labute approximate surface area is 126 Å². The maximum atomic E-state index is 6.12. The maximum Gasteiger partial charge on any atom is 0.0701 e. The first-order chi connectivity index (χ1) is 8.15. The van der Waals surface area contributed by atoms with E-state index in [9.17, 15) is 0 Å². The van der Waals surface area contributed by atoms with Crippen LogP contribution < -0.4 is 5.32 Å². The largest absolute Gasteiger partial charge is 0.308 e. The van der Waals surface area contributed by atoms with Crippen molar-refractivity contribution >= 4 is 54.8 Å². The smallest absolute Gasteiger partial charge is 0.0701 e. The molecule has 2 aromatic rings. The van der Waals surface area contributed by atoms with Gasteiger partial charge in [0.05, 0.1) is 3.79 Å². The summed E-state index contributed by atoms with van der Waals surface area (Å²) in [6, 6.07) is 10.1. The standard InChI is InChI=1S/C12H10Br2ClNS/c13-9-1-3-11(15)8(5-9)6-16-7-10-2-4-12(14)17-10/h1-5,16H,6-7H2. The number of hydrogen-bond donors (Lipinski definition) is 1. The van der Waals surface area contributed by atoms with Crippen LogP contribution in [0.3, 0.4) is 0 Å². The van der Waals surface area contributed by atoms with Gasteiger partial charge in [-0.2, -0.15) is 0 Å². The van der Waals surface area contributed by atoms with E-state index in [1.54, 1.807) is 11.3 Å². The minimum absolute atomic E-state index is 0.772. The highest BCUT2D eigenvalue weighted by Crippen LogP contribution is 2.23. The van der Waals surface area contributed by atoms with Crippen LogP contribution in [-0.2, 0) is 13.1 Å². The number of benzene rings is 1. The maximum absolute atomic E-state index is 6.12. The molecule has 0 spiro atoms. The molecule has 0 atom stereocenters. The van der Waals surface area contributed by atoms with Gasteiger partial charge in [0.15, 0.2) is 0 Å². The Kier molecular flexibility index (Phi) is 5.06. The van der Waals surface area contributed by atoms with Crippen LogP contribution >= 0.6 is 54.8 Å². The van der Waals surface area contributed by atoms with Gasteiger partial charge >= 0.3 is 0 Å². The van der Waals surface area contributed by atoms with E-state index >= 15 is 0 Å². The van der Waals surface area contributed by atoms with Gasteiger partial charge in [0.1, 0.15) is 0 Å². The Balaban J connectivity index is 1.91. The van der Waals surface area contributed by atoms with Gasteiger partial charge in [0.25, 0.3) is 0 Å². The highest BCUT2D eigenvalue weighted by Gasteiger charge is 2.02. The van der Waals surface area contributed by atoms with E-state index in [4.69, 9.17) is 11.6 Å². The van der Waals surface area contributed by atoms with E-state index < -0.39 is 0 Å². The minimum atomic E-state index is 0.772. The van der Waals surface area contributed by atoms with Gasteiger partial charge in [-0.05, 0) is 51.8 Å². The molecule has 0 aliphatic rings. The predicted octanol–water partition coefficient (Wildman–Crippen LogP) is 5.22. The van der Waals surface area contributed by atoms with Gasteiger partial charge < -0.3 is 5.32 Å². The molecule has 17 heavy (non-hydrogen) atoms. The second-order valence-electron chi connectivity index (χ2n) is 3.55. The Morgan fingerprint density at radius 2 is 1.94 bits per heavy atom. The molecule has 1 heterocycles. The third-order valence-corrected chi connectivity index (χ3v) is 4.74. The number of thiophene rings is 1. The Morgan fingerprint density at radius 3 is 2.65 bits per heavy atom. The summed E-state index contributed by atoms with van der Waals surface area (Å²) < 4.78 is 2.22. The van der Waals surface area contributed by atoms with E-state index in [1.165, 1.54) is 4.88 Å². The van der Waals surface area contributed by atoms with Crippen LogP contribution in [0.4, 0.5) is 0 Å². The van der Waals surface area contributed by atoms with E-state index in [1.807, 2.05) is 18.2 Å². The third kappa shape index (κ3) is 4.07. The molecule has 0 amide bonds. The molecule has 2 rings (SSSR count). The summed E-state index contributed by atoms with van der Waals surface area (Å²) in [4.78, 5) is 1.31. The average Bonchev–Trinajstić information content (AvgIpc) is 2.69. The zero-order valence-electron chi connectivity index (χ0n) is 8.84. The van der Waals surface area contributed by atoms with Crippen molar-refractivity contribution in [3.8, 4) is 0 Å². The van der Waals surface area contributed by atoms with E-state index in [0.717, 1.165) is 31.9 Å². The lowest BCUT2D eigenvalue weighted by Gasteiger charge is -2.06. The molecule has 1 N–H and O–H groups in total. The van der Waals surface area contributed by atoms with Gasteiger partial charge in [-0.3, -0.25) is 0 Å². The highest BCUT2D eigenvalue weighted by atomic mass is 79.9. The molecule has 90 valence electrons. The summed E-state index contributed by atoms with van der Waals surface area (Å²) in [5.41, 5.74) is 1.11. The summed E-state index contributed by atoms with van der Waals surface area (Å²) in [5.74, 6) is 0. The van der Waals surface area contributed by atoms with Crippen LogP contribution in [0.15, 0.2) is 38.6 Å². The third-order valence-electron chi connectivity index (χ3n) is 2.25. The quantitative estimate of drug-likeness (QED) is 0.749. The fourth-order valence-electron chi connectivity index (χ4n) is 1.45. The van der Waals surface area contributed by atoms with Crippen LogP contribution in [0.2, 0.25) is 5.02 Å². The van der Waals surface area contributed by atoms with Crippen LogP contribution in [0.25, 0.3) is 0 Å². The van der Waals surface area contributed by atoms with Crippen LogP contribution in [0.5, 0.6) is 0 Å². The Hall–Kier alpha value is 0.130. The number of rotatable bonds is 4. The average molecular weight is 396 g/mol. The summed E-state index contributed by atoms with van der Waals surface area (Å²) in [7, 11) is 0. The normalized spacial score (nSPS) is 10.8. The lowest BCUT2D eigenvalue weighted by Crippen LogP contribution is -2.12. The minimum Gasteiger partial charge on any atom is -0.308 e. The van der Waals surface area contributed by atoms with Crippen molar-refractivity contribution in [1.29, 1.82) is 0 Å². The molecule has 1 aromatic heterocycles. The van der Waals surface area contributed by atoms with Gasteiger partial charge in [-0.25, -0.2) is 0 Å². The first-order valence-electron chi connectivity index (χ1n) is 5.04. The predicted molar refractivity (Wildman–Crippen MR) is 81.7 cm³/mol. The molecule has 1 aromatic carbocycles. The molecule has 0 saturated carbocycles. The molecule has 0 radical (unpaired) electrons. The molecular formula is C12H10Br2ClNS. The lowest BCUT2D eigenvalue weighted by molar-refractivity contribution is 0.701. The second-order valence-corrected chi connectivity index (χ2v) is 7.42. The molecule has 0 fully saturated rings. The molecule has 5 heteroatoms. The van der Waals surface area contributed by atoms with Crippen molar-refractivity contribution < 1.29 is 0 Å². The number of hydrogen-bond acceptors (Lipinski definition) is 2. The molecule has 0 bridgehead atoms. The molecule has 0 aliphatic carbocycles. The summed E-state index contributed by atoms with van der Waals surface area (Å²) in [5, 5.41) is 4.18. The van der Waals surface area contributed by atoms with Crippen molar-refractivity contribution in [2.75, 3.05) is 0 Å². The topological polar surface area (TPSA) is 12.0 Å². The Bertz CT molecular complexity index is 513. The zero-order valence-corrected chi connectivity index (χ0v) is 13.6. The zero-order chi connectivity index (χ0) is 12.3. The molecule has 0 aliphatic heterocycles. The summed E-state index contributed by atoms with van der Waals surface area (Å²) in [6.07, 6.45) is 0. The van der Waals surface area contributed by atoms with Crippen LogP contribution in [-0.4, -0.2) is 0 Å². The van der Waals surface area contributed by atoms with Gasteiger partial charge in [-0.1, -0.05) is 27.5 Å². The SMILES string of the molecule is Clc1ccc(Br)cc1CNCc1ccc(Br)s1. The fraction of sp³-hybridized carbons (Fsp3) is 0.167. The van der Waals surface area contributed by atoms with Crippen molar-refractivity contribution in [2.24, 2.45) is 0 Å². The van der Waals surface area contributed by atoms with Crippen molar-refractivity contribution in [3.05, 3.63) is 54.1 Å². The van der Waals surface area contributed by atoms with E-state index in [0.29, 0.717) is 0 Å². The van der Waals surface area contributed by atoms with E-state index in [2.05, 4.69) is 49.3 Å². The molecule has 0 unspecified atom stereocenters. The number of nitrogens with one attached hydrogen (secondary N) is 1. The van der Waals surface area contributed by atoms with Gasteiger partial charge in [0.2, 0.25) is 0 Å².